The first kappa shape index (κ1) is 11.1. The normalized spacial score (nSPS) is 15.2. The predicted molar refractivity (Wildman–Crippen MR) is 70.3 cm³/mol. The lowest BCUT2D eigenvalue weighted by molar-refractivity contribution is 0.825. The first-order valence-electron chi connectivity index (χ1n) is 6.35. The fraction of sp³-hybridized carbons (Fsp3) is 0.357. The summed E-state index contributed by atoms with van der Waals surface area (Å²) in [5.41, 5.74) is 3.50. The molecule has 1 aliphatic carbocycles. The third kappa shape index (κ3) is 2.06. The molecule has 0 radical (unpaired) electrons. The fourth-order valence-corrected chi connectivity index (χ4v) is 2.40. The lowest BCUT2D eigenvalue weighted by Gasteiger charge is -2.15. The van der Waals surface area contributed by atoms with Crippen LogP contribution in [0, 0.1) is 0 Å². The minimum absolute atomic E-state index is 0.158. The van der Waals surface area contributed by atoms with E-state index in [-0.39, 0.29) is 6.04 Å². The van der Waals surface area contributed by atoms with E-state index in [1.807, 2.05) is 24.4 Å². The maximum atomic E-state index is 4.37. The highest BCUT2D eigenvalue weighted by atomic mass is 15.0. The average Bonchev–Trinajstić information content (AvgIpc) is 2.89. The zero-order chi connectivity index (χ0) is 12.4. The standard InChI is InChI=1S/C14H16N4/c1-10(12-6-2-3-8-15-12)18-14-11-5-4-7-13(11)16-9-17-14/h2-3,6,8-10H,4-5,7H2,1H3,(H,16,17,18). The second-order valence-electron chi connectivity index (χ2n) is 4.62. The Morgan fingerprint density at radius 2 is 2.11 bits per heavy atom. The molecule has 0 saturated heterocycles. The summed E-state index contributed by atoms with van der Waals surface area (Å²) in [6.07, 6.45) is 6.80. The largest absolute Gasteiger partial charge is 0.362 e. The van der Waals surface area contributed by atoms with Gasteiger partial charge in [0.15, 0.2) is 0 Å². The van der Waals surface area contributed by atoms with Crippen LogP contribution in [0.2, 0.25) is 0 Å². The van der Waals surface area contributed by atoms with E-state index in [4.69, 9.17) is 0 Å². The second kappa shape index (κ2) is 4.72. The molecular weight excluding hydrogens is 224 g/mol. The van der Waals surface area contributed by atoms with Gasteiger partial charge in [-0.1, -0.05) is 6.07 Å². The van der Waals surface area contributed by atoms with Crippen LogP contribution in [0.1, 0.15) is 36.3 Å². The number of pyridine rings is 1. The molecule has 0 spiro atoms. The number of aryl methyl sites for hydroxylation is 1. The number of nitrogens with zero attached hydrogens (tertiary/aromatic N) is 3. The molecule has 18 heavy (non-hydrogen) atoms. The van der Waals surface area contributed by atoms with Gasteiger partial charge in [-0.05, 0) is 38.3 Å². The van der Waals surface area contributed by atoms with E-state index in [1.54, 1.807) is 6.33 Å². The van der Waals surface area contributed by atoms with Gasteiger partial charge >= 0.3 is 0 Å². The van der Waals surface area contributed by atoms with Gasteiger partial charge in [0.25, 0.3) is 0 Å². The molecule has 1 aliphatic rings. The molecule has 1 unspecified atom stereocenters. The summed E-state index contributed by atoms with van der Waals surface area (Å²) >= 11 is 0. The van der Waals surface area contributed by atoms with Crippen LogP contribution in [0.3, 0.4) is 0 Å². The molecule has 3 rings (SSSR count). The summed E-state index contributed by atoms with van der Waals surface area (Å²) in [4.78, 5) is 13.1. The van der Waals surface area contributed by atoms with Crippen molar-refractivity contribution in [2.45, 2.75) is 32.2 Å². The summed E-state index contributed by atoms with van der Waals surface area (Å²) < 4.78 is 0. The van der Waals surface area contributed by atoms with E-state index < -0.39 is 0 Å². The predicted octanol–water partition coefficient (Wildman–Crippen LogP) is 2.53. The van der Waals surface area contributed by atoms with Crippen molar-refractivity contribution in [1.29, 1.82) is 0 Å². The topological polar surface area (TPSA) is 50.7 Å². The van der Waals surface area contributed by atoms with E-state index >= 15 is 0 Å². The first-order chi connectivity index (χ1) is 8.84. The molecule has 0 fully saturated rings. The average molecular weight is 240 g/mol. The maximum absolute atomic E-state index is 4.37. The highest BCUT2D eigenvalue weighted by molar-refractivity contribution is 5.49. The number of rotatable bonds is 3. The van der Waals surface area contributed by atoms with E-state index in [2.05, 4.69) is 27.2 Å². The lowest BCUT2D eigenvalue weighted by Crippen LogP contribution is -2.11. The number of anilines is 1. The number of hydrogen-bond donors (Lipinski definition) is 1. The fourth-order valence-electron chi connectivity index (χ4n) is 2.40. The molecule has 0 saturated carbocycles. The minimum atomic E-state index is 0.158. The van der Waals surface area contributed by atoms with Crippen molar-refractivity contribution in [2.24, 2.45) is 0 Å². The summed E-state index contributed by atoms with van der Waals surface area (Å²) in [5, 5.41) is 3.44. The quantitative estimate of drug-likeness (QED) is 0.895. The van der Waals surface area contributed by atoms with E-state index in [9.17, 15) is 0 Å². The Labute approximate surface area is 107 Å². The molecule has 0 aromatic carbocycles. The smallest absolute Gasteiger partial charge is 0.133 e. The van der Waals surface area contributed by atoms with Gasteiger partial charge in [0.05, 0.1) is 11.7 Å². The SMILES string of the molecule is CC(Nc1ncnc2c1CCC2)c1ccccn1. The van der Waals surface area contributed by atoms with Crippen LogP contribution in [0.25, 0.3) is 0 Å². The number of nitrogens with one attached hydrogen (secondary N) is 1. The van der Waals surface area contributed by atoms with Crippen LogP contribution in [-0.4, -0.2) is 15.0 Å². The Morgan fingerprint density at radius 1 is 1.17 bits per heavy atom. The van der Waals surface area contributed by atoms with Gasteiger partial charge in [-0.2, -0.15) is 0 Å². The van der Waals surface area contributed by atoms with Gasteiger partial charge in [-0.25, -0.2) is 9.97 Å². The van der Waals surface area contributed by atoms with Crippen LogP contribution in [0.4, 0.5) is 5.82 Å². The van der Waals surface area contributed by atoms with Crippen LogP contribution in [0.15, 0.2) is 30.7 Å². The molecule has 1 atom stereocenters. The zero-order valence-corrected chi connectivity index (χ0v) is 10.4. The minimum Gasteiger partial charge on any atom is -0.362 e. The summed E-state index contributed by atoms with van der Waals surface area (Å²) in [6, 6.07) is 6.12. The Bertz CT molecular complexity index is 539. The molecule has 4 heteroatoms. The van der Waals surface area contributed by atoms with Gasteiger partial charge in [-0.3, -0.25) is 4.98 Å². The third-order valence-corrected chi connectivity index (χ3v) is 3.36. The van der Waals surface area contributed by atoms with E-state index in [0.717, 1.165) is 24.4 Å². The molecule has 4 nitrogen and oxygen atoms in total. The lowest BCUT2D eigenvalue weighted by atomic mass is 10.2. The maximum Gasteiger partial charge on any atom is 0.133 e. The second-order valence-corrected chi connectivity index (χ2v) is 4.62. The van der Waals surface area contributed by atoms with Crippen LogP contribution < -0.4 is 5.32 Å². The molecule has 2 aromatic heterocycles. The van der Waals surface area contributed by atoms with Crippen molar-refractivity contribution < 1.29 is 0 Å². The van der Waals surface area contributed by atoms with Gasteiger partial charge in [0.1, 0.15) is 12.1 Å². The van der Waals surface area contributed by atoms with Gasteiger partial charge in [-0.15, -0.1) is 0 Å². The molecular formula is C14H16N4. The number of fused-ring (bicyclic) bond motifs is 1. The Kier molecular flexibility index (Phi) is 2.92. The van der Waals surface area contributed by atoms with Gasteiger partial charge in [0, 0.05) is 17.5 Å². The Hall–Kier alpha value is -1.97. The van der Waals surface area contributed by atoms with Crippen molar-refractivity contribution in [3.63, 3.8) is 0 Å². The molecule has 2 heterocycles. The zero-order valence-electron chi connectivity index (χ0n) is 10.4. The van der Waals surface area contributed by atoms with Crippen molar-refractivity contribution >= 4 is 5.82 Å². The molecule has 92 valence electrons. The molecule has 0 bridgehead atoms. The van der Waals surface area contributed by atoms with Crippen molar-refractivity contribution in [3.8, 4) is 0 Å². The molecule has 0 amide bonds. The summed E-state index contributed by atoms with van der Waals surface area (Å²) in [6.45, 7) is 2.10. The molecule has 1 N–H and O–H groups in total. The van der Waals surface area contributed by atoms with Crippen molar-refractivity contribution in [2.75, 3.05) is 5.32 Å². The Balaban J connectivity index is 1.83. The number of hydrogen-bond acceptors (Lipinski definition) is 4. The molecule has 2 aromatic rings. The van der Waals surface area contributed by atoms with Gasteiger partial charge < -0.3 is 5.32 Å². The highest BCUT2D eigenvalue weighted by Gasteiger charge is 2.18. The number of aromatic nitrogens is 3. The van der Waals surface area contributed by atoms with Crippen LogP contribution >= 0.6 is 0 Å². The van der Waals surface area contributed by atoms with E-state index in [0.29, 0.717) is 0 Å². The van der Waals surface area contributed by atoms with E-state index in [1.165, 1.54) is 17.7 Å². The Morgan fingerprint density at radius 3 is 2.94 bits per heavy atom. The summed E-state index contributed by atoms with van der Waals surface area (Å²) in [5.74, 6) is 0.968. The van der Waals surface area contributed by atoms with Crippen molar-refractivity contribution in [1.82, 2.24) is 15.0 Å². The monoisotopic (exact) mass is 240 g/mol. The third-order valence-electron chi connectivity index (χ3n) is 3.36. The van der Waals surface area contributed by atoms with Crippen molar-refractivity contribution in [3.05, 3.63) is 47.7 Å². The first-order valence-corrected chi connectivity index (χ1v) is 6.35. The highest BCUT2D eigenvalue weighted by Crippen LogP contribution is 2.27. The van der Waals surface area contributed by atoms with Gasteiger partial charge in [0.2, 0.25) is 0 Å². The summed E-state index contributed by atoms with van der Waals surface area (Å²) in [7, 11) is 0. The van der Waals surface area contributed by atoms with Crippen LogP contribution in [-0.2, 0) is 12.8 Å². The molecule has 0 aliphatic heterocycles. The van der Waals surface area contributed by atoms with Crippen LogP contribution in [0.5, 0.6) is 0 Å².